The van der Waals surface area contributed by atoms with Crippen LogP contribution in [0.25, 0.3) is 0 Å². The summed E-state index contributed by atoms with van der Waals surface area (Å²) in [4.78, 5) is 0. The molecule has 0 bridgehead atoms. The van der Waals surface area contributed by atoms with Crippen LogP contribution in [0.3, 0.4) is 0 Å². The SMILES string of the molecule is CCNCc1ccc(COC2CCCCCC2)o1. The molecule has 0 aromatic carbocycles. The lowest BCUT2D eigenvalue weighted by Crippen LogP contribution is -2.11. The molecule has 1 aliphatic carbocycles. The van der Waals surface area contributed by atoms with Gasteiger partial charge in [0, 0.05) is 0 Å². The van der Waals surface area contributed by atoms with Crippen LogP contribution in [0.1, 0.15) is 57.0 Å². The third-order valence-electron chi connectivity index (χ3n) is 3.53. The largest absolute Gasteiger partial charge is 0.462 e. The number of hydrogen-bond donors (Lipinski definition) is 1. The lowest BCUT2D eigenvalue weighted by Gasteiger charge is -2.14. The molecular weight excluding hydrogens is 226 g/mol. The quantitative estimate of drug-likeness (QED) is 0.784. The van der Waals surface area contributed by atoms with Crippen molar-refractivity contribution < 1.29 is 9.15 Å². The zero-order chi connectivity index (χ0) is 12.6. The van der Waals surface area contributed by atoms with E-state index in [1.54, 1.807) is 0 Å². The summed E-state index contributed by atoms with van der Waals surface area (Å²) < 4.78 is 11.7. The van der Waals surface area contributed by atoms with Crippen LogP contribution in [0.2, 0.25) is 0 Å². The monoisotopic (exact) mass is 251 g/mol. The van der Waals surface area contributed by atoms with Crippen molar-refractivity contribution in [1.82, 2.24) is 5.32 Å². The molecule has 1 aromatic heterocycles. The Kier molecular flexibility index (Phi) is 5.75. The second kappa shape index (κ2) is 7.59. The minimum Gasteiger partial charge on any atom is -0.462 e. The van der Waals surface area contributed by atoms with Crippen LogP contribution in [0, 0.1) is 0 Å². The van der Waals surface area contributed by atoms with Gasteiger partial charge in [0.1, 0.15) is 18.1 Å². The van der Waals surface area contributed by atoms with Gasteiger partial charge in [-0.15, -0.1) is 0 Å². The van der Waals surface area contributed by atoms with Gasteiger partial charge in [0.15, 0.2) is 0 Å². The molecule has 1 aromatic rings. The minimum atomic E-state index is 0.440. The molecule has 102 valence electrons. The van der Waals surface area contributed by atoms with E-state index in [2.05, 4.69) is 12.2 Å². The van der Waals surface area contributed by atoms with Crippen molar-refractivity contribution in [1.29, 1.82) is 0 Å². The average Bonchev–Trinajstić information content (AvgIpc) is 2.68. The van der Waals surface area contributed by atoms with Crippen LogP contribution >= 0.6 is 0 Å². The Morgan fingerprint density at radius 1 is 1.17 bits per heavy atom. The first-order valence-electron chi connectivity index (χ1n) is 7.28. The van der Waals surface area contributed by atoms with E-state index in [-0.39, 0.29) is 0 Å². The van der Waals surface area contributed by atoms with Gasteiger partial charge in [-0.1, -0.05) is 32.6 Å². The molecule has 1 heterocycles. The highest BCUT2D eigenvalue weighted by atomic mass is 16.5. The van der Waals surface area contributed by atoms with Crippen LogP contribution in [0.5, 0.6) is 0 Å². The molecule has 0 spiro atoms. The van der Waals surface area contributed by atoms with Gasteiger partial charge in [-0.3, -0.25) is 0 Å². The van der Waals surface area contributed by atoms with Crippen LogP contribution in [-0.4, -0.2) is 12.6 Å². The third-order valence-corrected chi connectivity index (χ3v) is 3.53. The van der Waals surface area contributed by atoms with E-state index in [0.717, 1.165) is 24.6 Å². The second-order valence-corrected chi connectivity index (χ2v) is 5.07. The maximum atomic E-state index is 5.95. The van der Waals surface area contributed by atoms with Gasteiger partial charge in [0.25, 0.3) is 0 Å². The highest BCUT2D eigenvalue weighted by molar-refractivity contribution is 5.06. The Labute approximate surface area is 110 Å². The first kappa shape index (κ1) is 13.6. The van der Waals surface area contributed by atoms with Crippen molar-refractivity contribution in [2.24, 2.45) is 0 Å². The molecule has 0 radical (unpaired) electrons. The smallest absolute Gasteiger partial charge is 0.129 e. The molecule has 3 heteroatoms. The van der Waals surface area contributed by atoms with Crippen molar-refractivity contribution in [3.63, 3.8) is 0 Å². The number of hydrogen-bond acceptors (Lipinski definition) is 3. The van der Waals surface area contributed by atoms with Gasteiger partial charge >= 0.3 is 0 Å². The zero-order valence-corrected chi connectivity index (χ0v) is 11.4. The normalized spacial score (nSPS) is 17.8. The fourth-order valence-corrected chi connectivity index (χ4v) is 2.45. The summed E-state index contributed by atoms with van der Waals surface area (Å²) in [7, 11) is 0. The third kappa shape index (κ3) is 4.46. The van der Waals surface area contributed by atoms with Crippen molar-refractivity contribution in [2.75, 3.05) is 6.54 Å². The lowest BCUT2D eigenvalue weighted by atomic mass is 10.1. The summed E-state index contributed by atoms with van der Waals surface area (Å²) in [6, 6.07) is 4.07. The maximum Gasteiger partial charge on any atom is 0.129 e. The second-order valence-electron chi connectivity index (χ2n) is 5.07. The molecule has 0 atom stereocenters. The van der Waals surface area contributed by atoms with Crippen LogP contribution < -0.4 is 5.32 Å². The molecule has 1 N–H and O–H groups in total. The molecule has 0 saturated heterocycles. The average molecular weight is 251 g/mol. The fraction of sp³-hybridized carbons (Fsp3) is 0.733. The molecule has 2 rings (SSSR count). The Morgan fingerprint density at radius 2 is 1.89 bits per heavy atom. The minimum absolute atomic E-state index is 0.440. The molecule has 0 unspecified atom stereocenters. The molecule has 0 aliphatic heterocycles. The standard InChI is InChI=1S/C15H25NO2/c1-2-16-11-14-9-10-15(18-14)12-17-13-7-5-3-4-6-8-13/h9-10,13,16H,2-8,11-12H2,1H3. The molecule has 1 aliphatic rings. The van der Waals surface area contributed by atoms with Crippen LogP contribution in [-0.2, 0) is 17.9 Å². The highest BCUT2D eigenvalue weighted by Crippen LogP contribution is 2.21. The Balaban J connectivity index is 1.73. The number of ether oxygens (including phenoxy) is 1. The summed E-state index contributed by atoms with van der Waals surface area (Å²) in [5.41, 5.74) is 0. The van der Waals surface area contributed by atoms with Gasteiger partial charge < -0.3 is 14.5 Å². The van der Waals surface area contributed by atoms with Crippen molar-refractivity contribution in [3.8, 4) is 0 Å². The lowest BCUT2D eigenvalue weighted by molar-refractivity contribution is 0.0215. The summed E-state index contributed by atoms with van der Waals surface area (Å²) in [6.45, 7) is 4.49. The van der Waals surface area contributed by atoms with Crippen LogP contribution in [0.15, 0.2) is 16.5 Å². The topological polar surface area (TPSA) is 34.4 Å². The van der Waals surface area contributed by atoms with Crippen molar-refractivity contribution >= 4 is 0 Å². The molecule has 3 nitrogen and oxygen atoms in total. The highest BCUT2D eigenvalue weighted by Gasteiger charge is 2.13. The summed E-state index contributed by atoms with van der Waals surface area (Å²) in [5, 5.41) is 3.26. The van der Waals surface area contributed by atoms with Gasteiger partial charge in [-0.05, 0) is 31.5 Å². The van der Waals surface area contributed by atoms with E-state index < -0.39 is 0 Å². The molecule has 1 saturated carbocycles. The van der Waals surface area contributed by atoms with E-state index in [4.69, 9.17) is 9.15 Å². The molecule has 1 fully saturated rings. The first-order valence-corrected chi connectivity index (χ1v) is 7.28. The van der Waals surface area contributed by atoms with E-state index in [0.29, 0.717) is 12.7 Å². The Hall–Kier alpha value is -0.800. The first-order chi connectivity index (χ1) is 8.88. The summed E-state index contributed by atoms with van der Waals surface area (Å²) in [6.07, 6.45) is 8.23. The van der Waals surface area contributed by atoms with Gasteiger partial charge in [-0.25, -0.2) is 0 Å². The predicted molar refractivity (Wildman–Crippen MR) is 72.4 cm³/mol. The maximum absolute atomic E-state index is 5.95. The molecule has 18 heavy (non-hydrogen) atoms. The van der Waals surface area contributed by atoms with Crippen LogP contribution in [0.4, 0.5) is 0 Å². The summed E-state index contributed by atoms with van der Waals surface area (Å²) >= 11 is 0. The van der Waals surface area contributed by atoms with Gasteiger partial charge in [-0.2, -0.15) is 0 Å². The van der Waals surface area contributed by atoms with Crippen molar-refractivity contribution in [2.45, 2.75) is 64.7 Å². The predicted octanol–water partition coefficient (Wildman–Crippen LogP) is 3.63. The number of furan rings is 1. The zero-order valence-electron chi connectivity index (χ0n) is 11.4. The van der Waals surface area contributed by atoms with Gasteiger partial charge in [0.2, 0.25) is 0 Å². The Bertz CT molecular complexity index is 327. The molecule has 0 amide bonds. The Morgan fingerprint density at radius 3 is 2.61 bits per heavy atom. The number of rotatable bonds is 6. The summed E-state index contributed by atoms with van der Waals surface area (Å²) in [5.74, 6) is 1.95. The van der Waals surface area contributed by atoms with E-state index in [1.807, 2.05) is 12.1 Å². The van der Waals surface area contributed by atoms with Gasteiger partial charge in [0.05, 0.1) is 12.6 Å². The van der Waals surface area contributed by atoms with E-state index >= 15 is 0 Å². The molecular formula is C15H25NO2. The number of nitrogens with one attached hydrogen (secondary N) is 1. The van der Waals surface area contributed by atoms with E-state index in [1.165, 1.54) is 38.5 Å². The van der Waals surface area contributed by atoms with Crippen molar-refractivity contribution in [3.05, 3.63) is 23.7 Å². The van der Waals surface area contributed by atoms with E-state index in [9.17, 15) is 0 Å². The fourth-order valence-electron chi connectivity index (χ4n) is 2.45.